The molecule has 8 heterocycles. The molecular formula is C72H89FN14O9S2. The third kappa shape index (κ3) is 17.9. The smallest absolute Gasteiger partial charge is 0.318 e. The lowest BCUT2D eigenvalue weighted by Crippen LogP contribution is -2.56. The summed E-state index contributed by atoms with van der Waals surface area (Å²) in [7, 11) is 0. The van der Waals surface area contributed by atoms with Crippen LogP contribution in [0.25, 0.3) is 31.2 Å². The Balaban J connectivity index is 0.000000194. The van der Waals surface area contributed by atoms with Gasteiger partial charge in [-0.1, -0.05) is 60.7 Å². The molecule has 0 spiro atoms. The Hall–Kier alpha value is -8.05. The van der Waals surface area contributed by atoms with E-state index < -0.39 is 0 Å². The number of aromatic hydroxyl groups is 1. The van der Waals surface area contributed by atoms with Crippen LogP contribution >= 0.6 is 27.0 Å². The van der Waals surface area contributed by atoms with E-state index >= 15 is 4.39 Å². The summed E-state index contributed by atoms with van der Waals surface area (Å²) in [6, 6.07) is 22.7. The van der Waals surface area contributed by atoms with Crippen molar-refractivity contribution < 1.29 is 47.5 Å². The van der Waals surface area contributed by atoms with Crippen molar-refractivity contribution in [1.29, 1.82) is 0 Å². The molecule has 23 nitrogen and oxygen atoms in total. The van der Waals surface area contributed by atoms with Gasteiger partial charge in [0.15, 0.2) is 0 Å². The van der Waals surface area contributed by atoms with Crippen LogP contribution in [0.15, 0.2) is 97.1 Å². The molecule has 26 heteroatoms. The number of phenolic OH excluding ortho intramolecular Hbond substituents is 1. The van der Waals surface area contributed by atoms with E-state index in [0.29, 0.717) is 148 Å². The van der Waals surface area contributed by atoms with Gasteiger partial charge in [-0.15, -0.1) is 0 Å². The van der Waals surface area contributed by atoms with Crippen molar-refractivity contribution in [2.75, 3.05) is 177 Å². The number of carbonyl (C=O) groups is 2. The lowest BCUT2D eigenvalue weighted by molar-refractivity contribution is -0.129. The summed E-state index contributed by atoms with van der Waals surface area (Å²) in [6.07, 6.45) is 13.6. The number of carbonyl (C=O) groups excluding carboxylic acids is 2. The number of hydrogen-bond donors (Lipinski definition) is 1. The molecule has 0 bridgehead atoms. The largest absolute Gasteiger partial charge is 0.508 e. The van der Waals surface area contributed by atoms with Crippen molar-refractivity contribution >= 4 is 83.4 Å². The highest BCUT2D eigenvalue weighted by atomic mass is 32.1. The number of aromatic nitrogens is 4. The zero-order valence-corrected chi connectivity index (χ0v) is 57.5. The summed E-state index contributed by atoms with van der Waals surface area (Å²) >= 11 is 0. The second-order valence-electron chi connectivity index (χ2n) is 25.6. The number of hydrogen-bond acceptors (Lipinski definition) is 19. The maximum absolute atomic E-state index is 15.1. The van der Waals surface area contributed by atoms with Crippen molar-refractivity contribution in [2.24, 2.45) is 0 Å². The van der Waals surface area contributed by atoms with Crippen molar-refractivity contribution in [1.82, 2.24) is 39.5 Å². The molecule has 2 amide bonds. The van der Waals surface area contributed by atoms with Gasteiger partial charge < -0.3 is 72.6 Å². The number of fused-ring (bicyclic) bond motifs is 4. The van der Waals surface area contributed by atoms with Crippen LogP contribution in [-0.2, 0) is 54.5 Å². The van der Waals surface area contributed by atoms with E-state index in [0.717, 1.165) is 133 Å². The number of piperazine rings is 2. The Morgan fingerprint density at radius 1 is 0.571 bits per heavy atom. The SMILES string of the molecule is S.S.[C-]#[N+]C[C@H]1CN(c2nc(OCCOC3CC3)nc3c2CCN(c2cc(O)cc4ccccc24)C3)CCN1C(=O)/C=C/CN1CCOCC1.[C-]#[N+]C[C@H]1CN(c2nc(OCCOC3CC3)nc3c2CCN(c2cccc4cccc(F)c24)C3)CCN1C(=O)/C=C/CN1CCOCC1. The van der Waals surface area contributed by atoms with Gasteiger partial charge in [0.2, 0.25) is 24.9 Å². The molecule has 2 aliphatic carbocycles. The molecule has 14 rings (SSSR count). The third-order valence-electron chi connectivity index (χ3n) is 19.0. The predicted octanol–water partition coefficient (Wildman–Crippen LogP) is 7.22. The number of nitrogens with zero attached hydrogens (tertiary/aromatic N) is 14. The van der Waals surface area contributed by atoms with Crippen LogP contribution in [0, 0.1) is 19.0 Å². The molecule has 2 saturated carbocycles. The van der Waals surface area contributed by atoms with E-state index in [9.17, 15) is 14.7 Å². The molecule has 1 N–H and O–H groups in total. The first-order valence-corrected chi connectivity index (χ1v) is 34.0. The van der Waals surface area contributed by atoms with Gasteiger partial charge in [-0.2, -0.15) is 46.9 Å². The van der Waals surface area contributed by atoms with E-state index in [1.807, 2.05) is 70.5 Å². The van der Waals surface area contributed by atoms with Gasteiger partial charge in [0.25, 0.3) is 0 Å². The molecule has 0 unspecified atom stereocenters. The average molecular weight is 1380 g/mol. The highest BCUT2D eigenvalue weighted by Crippen LogP contribution is 2.39. The molecule has 8 aliphatic rings. The zero-order valence-electron chi connectivity index (χ0n) is 55.5. The number of ether oxygens (including phenoxy) is 6. The molecule has 98 heavy (non-hydrogen) atoms. The second kappa shape index (κ2) is 34.1. The summed E-state index contributed by atoms with van der Waals surface area (Å²) in [5.41, 5.74) is 5.60. The highest BCUT2D eigenvalue weighted by molar-refractivity contribution is 7.59. The van der Waals surface area contributed by atoms with E-state index in [2.05, 4.69) is 45.2 Å². The van der Waals surface area contributed by atoms with E-state index in [-0.39, 0.29) is 81.6 Å². The standard InChI is InChI=1S/C36H42FN7O4.C36H43N7O5.2H2S/c1-38-23-27-24-43(15-16-44(27)33(45)9-4-13-41-17-19-46-20-18-41)35-29-12-14-42(32-8-3-6-26-5-2-7-30(37)34(26)32)25-31(29)39-36(40-35)48-22-21-47-28-10-11-28;1-37-23-27-24-42(13-14-43(27)34(45)7-4-11-40-15-17-46-18-16-40)35-31-10-12-41(33-22-28(44)21-26-5-2-3-6-30(26)33)25-32(31)38-36(39-35)48-20-19-47-29-8-9-29;;/h2-9,27-28H,10-25H2;2-7,21-22,27,29,44H,8-20,23-25H2;2*1H2/b9-4+;7-4+;;/t2*27-;;/m00../s1. The summed E-state index contributed by atoms with van der Waals surface area (Å²) in [5.74, 6) is 1.45. The Bertz CT molecular complexity index is 3710. The summed E-state index contributed by atoms with van der Waals surface area (Å²) in [4.78, 5) is 70.7. The first-order chi connectivity index (χ1) is 47.1. The topological polar surface area (TPSA) is 196 Å². The molecule has 4 aromatic carbocycles. The van der Waals surface area contributed by atoms with Gasteiger partial charge in [0.05, 0.1) is 76.3 Å². The van der Waals surface area contributed by atoms with Crippen LogP contribution in [0.2, 0.25) is 0 Å². The van der Waals surface area contributed by atoms with Crippen LogP contribution in [0.5, 0.6) is 17.8 Å². The Morgan fingerprint density at radius 2 is 1.06 bits per heavy atom. The van der Waals surface area contributed by atoms with Crippen LogP contribution < -0.4 is 29.1 Å². The minimum absolute atomic E-state index is 0. The first kappa shape index (κ1) is 71.2. The fourth-order valence-corrected chi connectivity index (χ4v) is 13.6. The van der Waals surface area contributed by atoms with E-state index in [4.69, 9.17) is 61.5 Å². The molecule has 2 aromatic heterocycles. The lowest BCUT2D eigenvalue weighted by atomic mass is 10.0. The van der Waals surface area contributed by atoms with Gasteiger partial charge in [-0.25, -0.2) is 17.5 Å². The second-order valence-corrected chi connectivity index (χ2v) is 25.6. The van der Waals surface area contributed by atoms with E-state index in [1.54, 1.807) is 24.3 Å². The third-order valence-corrected chi connectivity index (χ3v) is 19.0. The number of halogens is 1. The van der Waals surface area contributed by atoms with Crippen molar-refractivity contribution in [3.8, 4) is 17.8 Å². The molecule has 6 aliphatic heterocycles. The van der Waals surface area contributed by atoms with Crippen LogP contribution in [0.3, 0.4) is 0 Å². The Morgan fingerprint density at radius 3 is 1.57 bits per heavy atom. The summed E-state index contributed by atoms with van der Waals surface area (Å²) in [6.45, 7) is 30.6. The fraction of sp³-hybridized carbons (Fsp3) is 0.500. The zero-order chi connectivity index (χ0) is 65.7. The number of amides is 2. The minimum atomic E-state index is -0.280. The number of benzene rings is 4. The minimum Gasteiger partial charge on any atom is -0.508 e. The summed E-state index contributed by atoms with van der Waals surface area (Å²) < 4.78 is 49.6. The molecule has 6 fully saturated rings. The predicted molar refractivity (Wildman–Crippen MR) is 384 cm³/mol. The van der Waals surface area contributed by atoms with Crippen molar-refractivity contribution in [3.05, 3.63) is 148 Å². The maximum Gasteiger partial charge on any atom is 0.318 e. The molecule has 2 atom stereocenters. The number of phenols is 1. The van der Waals surface area contributed by atoms with Crippen LogP contribution in [0.4, 0.5) is 27.4 Å². The maximum atomic E-state index is 15.1. The first-order valence-electron chi connectivity index (χ1n) is 34.0. The van der Waals surface area contributed by atoms with Crippen LogP contribution in [-0.4, -0.2) is 238 Å². The van der Waals surface area contributed by atoms with E-state index in [1.165, 1.54) is 6.07 Å². The molecule has 520 valence electrons. The fourth-order valence-electron chi connectivity index (χ4n) is 13.6. The summed E-state index contributed by atoms with van der Waals surface area (Å²) in [5, 5.41) is 14.1. The van der Waals surface area contributed by atoms with Gasteiger partial charge >= 0.3 is 12.0 Å². The van der Waals surface area contributed by atoms with Gasteiger partial charge in [0, 0.05) is 143 Å². The highest BCUT2D eigenvalue weighted by Gasteiger charge is 2.38. The quantitative estimate of drug-likeness (QED) is 0.0406. The normalized spacial score (nSPS) is 19.8. The molecule has 0 radical (unpaired) electrons. The Kier molecular flexibility index (Phi) is 24.8. The molecular weight excluding hydrogens is 1290 g/mol. The number of rotatable bonds is 22. The number of anilines is 4. The van der Waals surface area contributed by atoms with Gasteiger partial charge in [0.1, 0.15) is 48.5 Å². The average Bonchev–Trinajstić information content (AvgIpc) is 1.03. The Labute approximate surface area is 586 Å². The lowest BCUT2D eigenvalue weighted by Gasteiger charge is -2.41. The van der Waals surface area contributed by atoms with Crippen molar-refractivity contribution in [3.63, 3.8) is 0 Å². The van der Waals surface area contributed by atoms with Gasteiger partial charge in [-0.3, -0.25) is 19.4 Å². The molecule has 6 aromatic rings. The van der Waals surface area contributed by atoms with Gasteiger partial charge in [-0.05, 0) is 67.5 Å². The number of morpholine rings is 2. The molecule has 4 saturated heterocycles. The monoisotopic (exact) mass is 1380 g/mol. The van der Waals surface area contributed by atoms with Crippen LogP contribution in [0.1, 0.15) is 48.2 Å². The van der Waals surface area contributed by atoms with Crippen molar-refractivity contribution in [2.45, 2.75) is 75.9 Å².